The third-order valence-corrected chi connectivity index (χ3v) is 2.26. The van der Waals surface area contributed by atoms with Gasteiger partial charge in [-0.2, -0.15) is 0 Å². The Hall–Kier alpha value is -1.02. The van der Waals surface area contributed by atoms with Crippen LogP contribution in [-0.2, 0) is 0 Å². The predicted molar refractivity (Wildman–Crippen MR) is 59.0 cm³/mol. The van der Waals surface area contributed by atoms with Gasteiger partial charge >= 0.3 is 0 Å². The summed E-state index contributed by atoms with van der Waals surface area (Å²) in [5.74, 6) is 0. The molecule has 0 saturated carbocycles. The van der Waals surface area contributed by atoms with Crippen molar-refractivity contribution < 1.29 is 0 Å². The highest BCUT2D eigenvalue weighted by Gasteiger charge is 2.00. The van der Waals surface area contributed by atoms with Crippen LogP contribution in [0.3, 0.4) is 0 Å². The van der Waals surface area contributed by atoms with Crippen molar-refractivity contribution in [3.05, 3.63) is 28.8 Å². The van der Waals surface area contributed by atoms with Gasteiger partial charge in [-0.3, -0.25) is 4.99 Å². The predicted octanol–water partition coefficient (Wildman–Crippen LogP) is 2.74. The molecule has 0 aromatic heterocycles. The van der Waals surface area contributed by atoms with Crippen LogP contribution in [0.5, 0.6) is 0 Å². The van der Waals surface area contributed by atoms with Crippen molar-refractivity contribution >= 4 is 23.6 Å². The van der Waals surface area contributed by atoms with Crippen LogP contribution < -0.4 is 4.90 Å². The molecule has 2 nitrogen and oxygen atoms in total. The maximum atomic E-state index is 5.99. The molecular weight excluding hydrogens is 184 g/mol. The summed E-state index contributed by atoms with van der Waals surface area (Å²) >= 11 is 5.99. The van der Waals surface area contributed by atoms with Gasteiger partial charge in [0.25, 0.3) is 0 Å². The Morgan fingerprint density at radius 2 is 2.15 bits per heavy atom. The molecule has 0 radical (unpaired) electrons. The smallest absolute Gasteiger partial charge is 0.0888 e. The molecule has 0 spiro atoms. The lowest BCUT2D eigenvalue weighted by Crippen LogP contribution is -2.13. The van der Waals surface area contributed by atoms with Crippen LogP contribution in [0.1, 0.15) is 5.56 Å². The molecule has 0 bridgehead atoms. The minimum Gasteiger partial charge on any atom is -0.336 e. The van der Waals surface area contributed by atoms with Gasteiger partial charge in [-0.05, 0) is 24.6 Å². The molecule has 0 saturated heterocycles. The summed E-state index contributed by atoms with van der Waals surface area (Å²) in [6, 6.07) is 5.94. The maximum Gasteiger partial charge on any atom is 0.0888 e. The van der Waals surface area contributed by atoms with Crippen LogP contribution in [0.25, 0.3) is 0 Å². The lowest BCUT2D eigenvalue weighted by molar-refractivity contribution is 1.26. The first-order valence-electron chi connectivity index (χ1n) is 4.06. The zero-order valence-corrected chi connectivity index (χ0v) is 8.84. The molecule has 0 fully saturated rings. The number of rotatable bonds is 2. The van der Waals surface area contributed by atoms with Crippen LogP contribution in [-0.4, -0.2) is 20.4 Å². The number of anilines is 1. The second-order valence-corrected chi connectivity index (χ2v) is 3.33. The van der Waals surface area contributed by atoms with E-state index in [-0.39, 0.29) is 0 Å². The molecule has 0 unspecified atom stereocenters. The second-order valence-electron chi connectivity index (χ2n) is 2.92. The molecule has 0 heterocycles. The van der Waals surface area contributed by atoms with Crippen LogP contribution in [0.15, 0.2) is 23.2 Å². The lowest BCUT2D eigenvalue weighted by Gasteiger charge is -2.13. The highest BCUT2D eigenvalue weighted by Crippen LogP contribution is 2.21. The first kappa shape index (κ1) is 10.1. The Balaban J connectivity index is 2.96. The Kier molecular flexibility index (Phi) is 3.32. The lowest BCUT2D eigenvalue weighted by atomic mass is 10.2. The van der Waals surface area contributed by atoms with E-state index in [9.17, 15) is 0 Å². The number of aliphatic imine (C=N–C) groups is 1. The zero-order valence-electron chi connectivity index (χ0n) is 8.08. The molecule has 1 aromatic carbocycles. The van der Waals surface area contributed by atoms with Crippen molar-refractivity contribution in [2.75, 3.05) is 19.0 Å². The van der Waals surface area contributed by atoms with E-state index in [0.717, 1.165) is 16.3 Å². The Labute approximate surface area is 83.8 Å². The largest absolute Gasteiger partial charge is 0.336 e. The maximum absolute atomic E-state index is 5.99. The molecule has 13 heavy (non-hydrogen) atoms. The first-order valence-corrected chi connectivity index (χ1v) is 4.44. The van der Waals surface area contributed by atoms with E-state index >= 15 is 0 Å². The number of benzene rings is 1. The quantitative estimate of drug-likeness (QED) is 0.525. The van der Waals surface area contributed by atoms with E-state index in [4.69, 9.17) is 11.6 Å². The minimum absolute atomic E-state index is 0.786. The van der Waals surface area contributed by atoms with E-state index in [2.05, 4.69) is 4.99 Å². The number of hydrogen-bond donors (Lipinski definition) is 0. The summed E-state index contributed by atoms with van der Waals surface area (Å²) in [6.45, 7) is 1.99. The second kappa shape index (κ2) is 4.28. The van der Waals surface area contributed by atoms with Crippen LogP contribution in [0, 0.1) is 6.92 Å². The van der Waals surface area contributed by atoms with E-state index in [1.807, 2.05) is 37.1 Å². The third-order valence-electron chi connectivity index (χ3n) is 1.85. The highest BCUT2D eigenvalue weighted by molar-refractivity contribution is 6.31. The standard InChI is InChI=1S/C10H13ClN2/c1-8-4-5-9(6-10(8)11)13(3)7-12-2/h4-7H,1-3H3. The molecule has 0 aliphatic rings. The van der Waals surface area contributed by atoms with E-state index in [0.29, 0.717) is 0 Å². The monoisotopic (exact) mass is 196 g/mol. The summed E-state index contributed by atoms with van der Waals surface area (Å²) < 4.78 is 0. The first-order chi connectivity index (χ1) is 6.15. The van der Waals surface area contributed by atoms with Crippen molar-refractivity contribution in [3.63, 3.8) is 0 Å². The molecule has 1 rings (SSSR count). The summed E-state index contributed by atoms with van der Waals surface area (Å²) in [6.07, 6.45) is 1.75. The fourth-order valence-electron chi connectivity index (χ4n) is 1.04. The normalized spacial score (nSPS) is 10.8. The number of hydrogen-bond acceptors (Lipinski definition) is 1. The Bertz CT molecular complexity index is 321. The fourth-order valence-corrected chi connectivity index (χ4v) is 1.22. The minimum atomic E-state index is 0.786. The summed E-state index contributed by atoms with van der Waals surface area (Å²) in [5, 5.41) is 0.786. The van der Waals surface area contributed by atoms with Crippen molar-refractivity contribution in [2.24, 2.45) is 4.99 Å². The van der Waals surface area contributed by atoms with Gasteiger partial charge in [-0.15, -0.1) is 0 Å². The summed E-state index contributed by atoms with van der Waals surface area (Å²) in [7, 11) is 3.68. The molecule has 70 valence electrons. The molecule has 0 amide bonds. The van der Waals surface area contributed by atoms with Gasteiger partial charge in [0.1, 0.15) is 0 Å². The molecule has 3 heteroatoms. The Morgan fingerprint density at radius 3 is 2.69 bits per heavy atom. The van der Waals surface area contributed by atoms with Gasteiger partial charge < -0.3 is 4.90 Å². The average molecular weight is 197 g/mol. The highest BCUT2D eigenvalue weighted by atomic mass is 35.5. The SMILES string of the molecule is CN=CN(C)c1ccc(C)c(Cl)c1. The van der Waals surface area contributed by atoms with Gasteiger partial charge in [-0.1, -0.05) is 17.7 Å². The van der Waals surface area contributed by atoms with Crippen LogP contribution in [0.4, 0.5) is 5.69 Å². The van der Waals surface area contributed by atoms with Gasteiger partial charge in [-0.25, -0.2) is 0 Å². The molecule has 1 aromatic rings. The number of nitrogens with zero attached hydrogens (tertiary/aromatic N) is 2. The van der Waals surface area contributed by atoms with Gasteiger partial charge in [0.05, 0.1) is 6.34 Å². The molecule has 0 aliphatic carbocycles. The van der Waals surface area contributed by atoms with Crippen molar-refractivity contribution in [1.82, 2.24) is 0 Å². The van der Waals surface area contributed by atoms with Crippen LogP contribution >= 0.6 is 11.6 Å². The number of aryl methyl sites for hydroxylation is 1. The molecule has 0 N–H and O–H groups in total. The van der Waals surface area contributed by atoms with Crippen molar-refractivity contribution in [3.8, 4) is 0 Å². The van der Waals surface area contributed by atoms with E-state index in [1.54, 1.807) is 13.4 Å². The van der Waals surface area contributed by atoms with Gasteiger partial charge in [0.2, 0.25) is 0 Å². The van der Waals surface area contributed by atoms with E-state index in [1.165, 1.54) is 0 Å². The average Bonchev–Trinajstić information content (AvgIpc) is 2.10. The molecule has 0 atom stereocenters. The van der Waals surface area contributed by atoms with Gasteiger partial charge in [0.15, 0.2) is 0 Å². The summed E-state index contributed by atoms with van der Waals surface area (Å²) in [5.41, 5.74) is 2.13. The van der Waals surface area contributed by atoms with Crippen molar-refractivity contribution in [1.29, 1.82) is 0 Å². The van der Waals surface area contributed by atoms with Gasteiger partial charge in [0, 0.05) is 24.8 Å². The summed E-state index contributed by atoms with van der Waals surface area (Å²) in [4.78, 5) is 5.84. The topological polar surface area (TPSA) is 15.6 Å². The fraction of sp³-hybridized carbons (Fsp3) is 0.300. The molecule has 0 aliphatic heterocycles. The molecular formula is C10H13ClN2. The van der Waals surface area contributed by atoms with Crippen LogP contribution in [0.2, 0.25) is 5.02 Å². The zero-order chi connectivity index (χ0) is 9.84. The van der Waals surface area contributed by atoms with Crippen molar-refractivity contribution in [2.45, 2.75) is 6.92 Å². The number of halogens is 1. The third kappa shape index (κ3) is 2.46. The van der Waals surface area contributed by atoms with E-state index < -0.39 is 0 Å². The Morgan fingerprint density at radius 1 is 1.46 bits per heavy atom.